The van der Waals surface area contributed by atoms with Gasteiger partial charge in [-0.2, -0.15) is 0 Å². The van der Waals surface area contributed by atoms with E-state index in [0.717, 1.165) is 23.0 Å². The standard InChI is InChI=1S/C18H26BrN5O3.HI/c1-2-27-18(26)24-11-8-15(9-12-24)23-17(20)21-10-7-16(25)22-14-5-3-13(19)4-6-14;/h3-6,15H,2,7-12H2,1H3,(H,22,25)(H3,20,21,23);1H. The number of piperidine rings is 1. The SMILES string of the molecule is CCOC(=O)N1CCC(NC(N)=NCCC(=O)Nc2ccc(Br)cc2)CC1.I. The molecule has 156 valence electrons. The minimum atomic E-state index is -0.269. The van der Waals surface area contributed by atoms with E-state index in [4.69, 9.17) is 10.5 Å². The zero-order valence-corrected chi connectivity index (χ0v) is 19.7. The summed E-state index contributed by atoms with van der Waals surface area (Å²) >= 11 is 3.35. The summed E-state index contributed by atoms with van der Waals surface area (Å²) in [6.45, 7) is 3.73. The first-order chi connectivity index (χ1) is 13.0. The molecule has 1 aromatic rings. The minimum absolute atomic E-state index is 0. The fourth-order valence-corrected chi connectivity index (χ4v) is 2.97. The molecule has 1 fully saturated rings. The molecule has 8 nitrogen and oxygen atoms in total. The van der Waals surface area contributed by atoms with Gasteiger partial charge in [0.05, 0.1) is 13.2 Å². The molecule has 2 amide bonds. The number of anilines is 1. The number of benzene rings is 1. The molecule has 0 atom stereocenters. The summed E-state index contributed by atoms with van der Waals surface area (Å²) in [7, 11) is 0. The Morgan fingerprint density at radius 2 is 1.93 bits per heavy atom. The van der Waals surface area contributed by atoms with E-state index in [2.05, 4.69) is 31.6 Å². The Labute approximate surface area is 190 Å². The number of carbonyl (C=O) groups is 2. The second kappa shape index (κ2) is 12.8. The van der Waals surface area contributed by atoms with E-state index in [1.165, 1.54) is 0 Å². The van der Waals surface area contributed by atoms with Crippen LogP contribution in [-0.2, 0) is 9.53 Å². The average molecular weight is 568 g/mol. The van der Waals surface area contributed by atoms with Crippen molar-refractivity contribution >= 4 is 63.6 Å². The van der Waals surface area contributed by atoms with E-state index < -0.39 is 0 Å². The Hall–Kier alpha value is -1.56. The van der Waals surface area contributed by atoms with Gasteiger partial charge in [0.2, 0.25) is 5.91 Å². The molecule has 1 aliphatic heterocycles. The summed E-state index contributed by atoms with van der Waals surface area (Å²) < 4.78 is 5.96. The van der Waals surface area contributed by atoms with Crippen molar-refractivity contribution in [2.45, 2.75) is 32.2 Å². The zero-order valence-electron chi connectivity index (χ0n) is 15.8. The second-order valence-electron chi connectivity index (χ2n) is 6.18. The van der Waals surface area contributed by atoms with Gasteiger partial charge in [-0.1, -0.05) is 15.9 Å². The van der Waals surface area contributed by atoms with Crippen molar-refractivity contribution in [1.29, 1.82) is 0 Å². The third-order valence-electron chi connectivity index (χ3n) is 4.12. The lowest BCUT2D eigenvalue weighted by Gasteiger charge is -2.31. The predicted octanol–water partition coefficient (Wildman–Crippen LogP) is 2.92. The van der Waals surface area contributed by atoms with Gasteiger partial charge in [0.25, 0.3) is 0 Å². The van der Waals surface area contributed by atoms with Crippen LogP contribution in [0.5, 0.6) is 0 Å². The van der Waals surface area contributed by atoms with Gasteiger partial charge in [-0.3, -0.25) is 9.79 Å². The van der Waals surface area contributed by atoms with Gasteiger partial charge in [-0.05, 0) is 44.0 Å². The van der Waals surface area contributed by atoms with Crippen molar-refractivity contribution in [2.75, 3.05) is 31.6 Å². The number of aliphatic imine (C=N–C) groups is 1. The first-order valence-electron chi connectivity index (χ1n) is 9.01. The van der Waals surface area contributed by atoms with E-state index in [9.17, 15) is 9.59 Å². The van der Waals surface area contributed by atoms with Crippen LogP contribution < -0.4 is 16.4 Å². The first kappa shape index (κ1) is 24.5. The van der Waals surface area contributed by atoms with Crippen molar-refractivity contribution in [3.05, 3.63) is 28.7 Å². The lowest BCUT2D eigenvalue weighted by atomic mass is 10.1. The molecule has 2 rings (SSSR count). The quantitative estimate of drug-likeness (QED) is 0.278. The number of nitrogens with zero attached hydrogens (tertiary/aromatic N) is 2. The number of likely N-dealkylation sites (tertiary alicyclic amines) is 1. The number of amides is 2. The van der Waals surface area contributed by atoms with Gasteiger partial charge in [0.15, 0.2) is 5.96 Å². The van der Waals surface area contributed by atoms with Crippen LogP contribution in [0.15, 0.2) is 33.7 Å². The van der Waals surface area contributed by atoms with Crippen LogP contribution in [0.25, 0.3) is 0 Å². The van der Waals surface area contributed by atoms with Crippen molar-refractivity contribution in [3.63, 3.8) is 0 Å². The molecule has 10 heteroatoms. The third kappa shape index (κ3) is 8.63. The van der Waals surface area contributed by atoms with Crippen molar-refractivity contribution in [3.8, 4) is 0 Å². The number of nitrogens with two attached hydrogens (primary N) is 1. The molecule has 0 bridgehead atoms. The fraction of sp³-hybridized carbons (Fsp3) is 0.500. The number of nitrogens with one attached hydrogen (secondary N) is 2. The van der Waals surface area contributed by atoms with Crippen LogP contribution in [0.2, 0.25) is 0 Å². The summed E-state index contributed by atoms with van der Waals surface area (Å²) in [4.78, 5) is 29.5. The van der Waals surface area contributed by atoms with Crippen molar-refractivity contribution < 1.29 is 14.3 Å². The van der Waals surface area contributed by atoms with Gasteiger partial charge >= 0.3 is 6.09 Å². The van der Waals surface area contributed by atoms with Crippen LogP contribution in [0.1, 0.15) is 26.2 Å². The van der Waals surface area contributed by atoms with Crippen LogP contribution >= 0.6 is 39.9 Å². The van der Waals surface area contributed by atoms with E-state index in [-0.39, 0.29) is 48.4 Å². The van der Waals surface area contributed by atoms with Crippen molar-refractivity contribution in [1.82, 2.24) is 10.2 Å². The summed E-state index contributed by atoms with van der Waals surface area (Å²) in [6, 6.07) is 7.54. The molecule has 0 radical (unpaired) electrons. The first-order valence-corrected chi connectivity index (χ1v) is 9.80. The Morgan fingerprint density at radius 1 is 1.29 bits per heavy atom. The van der Waals surface area contributed by atoms with Crippen LogP contribution in [0, 0.1) is 0 Å². The summed E-state index contributed by atoms with van der Waals surface area (Å²) in [6.07, 6.45) is 1.53. The molecule has 1 heterocycles. The highest BCUT2D eigenvalue weighted by Gasteiger charge is 2.23. The largest absolute Gasteiger partial charge is 0.450 e. The van der Waals surface area contributed by atoms with Crippen LogP contribution in [0.3, 0.4) is 0 Å². The Morgan fingerprint density at radius 3 is 2.54 bits per heavy atom. The fourth-order valence-electron chi connectivity index (χ4n) is 2.71. The Bertz CT molecular complexity index is 664. The average Bonchev–Trinajstić information content (AvgIpc) is 2.64. The lowest BCUT2D eigenvalue weighted by molar-refractivity contribution is -0.116. The molecule has 0 spiro atoms. The minimum Gasteiger partial charge on any atom is -0.450 e. The van der Waals surface area contributed by atoms with E-state index in [1.54, 1.807) is 11.8 Å². The molecule has 1 aromatic carbocycles. The predicted molar refractivity (Wildman–Crippen MR) is 124 cm³/mol. The maximum Gasteiger partial charge on any atom is 0.409 e. The molecule has 28 heavy (non-hydrogen) atoms. The highest BCUT2D eigenvalue weighted by Crippen LogP contribution is 2.14. The third-order valence-corrected chi connectivity index (χ3v) is 4.65. The number of rotatable bonds is 6. The highest BCUT2D eigenvalue weighted by atomic mass is 127. The van der Waals surface area contributed by atoms with Crippen molar-refractivity contribution in [2.24, 2.45) is 10.7 Å². The number of carbonyl (C=O) groups excluding carboxylic acids is 2. The maximum atomic E-state index is 11.9. The molecule has 4 N–H and O–H groups in total. The number of hydrogen-bond donors (Lipinski definition) is 3. The molecule has 0 aliphatic carbocycles. The van der Waals surface area contributed by atoms with Gasteiger partial charge in [0.1, 0.15) is 0 Å². The summed E-state index contributed by atoms with van der Waals surface area (Å²) in [5.41, 5.74) is 6.64. The van der Waals surface area contributed by atoms with Crippen LogP contribution in [0.4, 0.5) is 10.5 Å². The Kier molecular flexibility index (Phi) is 11.2. The summed E-state index contributed by atoms with van der Waals surface area (Å²) in [5, 5.41) is 5.96. The van der Waals surface area contributed by atoms with Gasteiger partial charge in [-0.15, -0.1) is 24.0 Å². The smallest absolute Gasteiger partial charge is 0.409 e. The van der Waals surface area contributed by atoms with Gasteiger partial charge < -0.3 is 26.0 Å². The van der Waals surface area contributed by atoms with E-state index in [0.29, 0.717) is 32.2 Å². The molecule has 0 saturated carbocycles. The van der Waals surface area contributed by atoms with E-state index >= 15 is 0 Å². The summed E-state index contributed by atoms with van der Waals surface area (Å²) in [5.74, 6) is 0.206. The zero-order chi connectivity index (χ0) is 19.6. The molecular formula is C18H27BrIN5O3. The second-order valence-corrected chi connectivity index (χ2v) is 7.09. The number of hydrogen-bond acceptors (Lipinski definition) is 4. The van der Waals surface area contributed by atoms with E-state index in [1.807, 2.05) is 24.3 Å². The topological polar surface area (TPSA) is 109 Å². The van der Waals surface area contributed by atoms with Crippen LogP contribution in [-0.4, -0.2) is 55.1 Å². The lowest BCUT2D eigenvalue weighted by Crippen LogP contribution is -2.48. The highest BCUT2D eigenvalue weighted by molar-refractivity contribution is 14.0. The number of halogens is 2. The maximum absolute atomic E-state index is 11.9. The number of ether oxygens (including phenoxy) is 1. The van der Waals surface area contributed by atoms with Gasteiger partial charge in [0, 0.05) is 35.7 Å². The molecule has 1 saturated heterocycles. The number of guanidine groups is 1. The molecule has 0 unspecified atom stereocenters. The Balaban J connectivity index is 0.00000392. The molecule has 1 aliphatic rings. The molecular weight excluding hydrogens is 541 g/mol. The monoisotopic (exact) mass is 567 g/mol. The normalized spacial score (nSPS) is 14.8. The van der Waals surface area contributed by atoms with Gasteiger partial charge in [-0.25, -0.2) is 4.79 Å². The molecule has 0 aromatic heterocycles.